The molecular weight excluding hydrogens is 1150 g/mol. The molecule has 6 aromatic heterocycles. The summed E-state index contributed by atoms with van der Waals surface area (Å²) in [7, 11) is 0. The van der Waals surface area contributed by atoms with Crippen molar-refractivity contribution in [3.05, 3.63) is 328 Å². The van der Waals surface area contributed by atoms with E-state index in [4.69, 9.17) is 28.8 Å². The predicted molar refractivity (Wildman–Crippen MR) is 385 cm³/mol. The van der Waals surface area contributed by atoms with Crippen LogP contribution < -0.4 is 0 Å². The van der Waals surface area contributed by atoms with Crippen LogP contribution in [-0.4, -0.2) is 29.1 Å². The van der Waals surface area contributed by atoms with Gasteiger partial charge in [0.15, 0.2) is 22.8 Å². The van der Waals surface area contributed by atoms with E-state index >= 15 is 0 Å². The molecule has 0 amide bonds. The summed E-state index contributed by atoms with van der Waals surface area (Å²) in [5.74, 6) is 1.35. The first-order valence-electron chi connectivity index (χ1n) is 31.6. The van der Waals surface area contributed by atoms with Crippen molar-refractivity contribution >= 4 is 87.7 Å². The second-order valence-corrected chi connectivity index (χ2v) is 23.6. The molecule has 0 unspecified atom stereocenters. The van der Waals surface area contributed by atoms with Gasteiger partial charge in [0.2, 0.25) is 0 Å². The second-order valence-electron chi connectivity index (χ2n) is 23.6. The van der Waals surface area contributed by atoms with Crippen LogP contribution in [-0.2, 0) is 0 Å². The number of fused-ring (bicyclic) bond motifs is 12. The SMILES string of the molecule is c1ccc(-c2cccc(-c3nc(-c4ccccc4)nc4c3oc3c(-c5ccc(-n6c7ccccc7c7ccccc76)cc5)cccc34)c2)cc1.c1ccc(-c2nc(-c3ccccc3)c3oc4c(-c5ccc(-n6c7ccccc7c7ccccc76)cc5)cccc4c3n2)cc1. The number of rotatable bonds is 9. The summed E-state index contributed by atoms with van der Waals surface area (Å²) in [6.07, 6.45) is 0. The van der Waals surface area contributed by atoms with Crippen LogP contribution in [0.2, 0.25) is 0 Å². The summed E-state index contributed by atoms with van der Waals surface area (Å²) in [5.41, 5.74) is 23.5. The number of nitrogens with zero attached hydrogens (tertiary/aromatic N) is 6. The van der Waals surface area contributed by atoms with Gasteiger partial charge in [-0.3, -0.25) is 0 Å². The fourth-order valence-electron chi connectivity index (χ4n) is 13.7. The van der Waals surface area contributed by atoms with Crippen molar-refractivity contribution in [2.24, 2.45) is 0 Å². The van der Waals surface area contributed by atoms with E-state index in [0.29, 0.717) is 22.8 Å². The lowest BCUT2D eigenvalue weighted by Crippen LogP contribution is -1.94. The lowest BCUT2D eigenvalue weighted by molar-refractivity contribution is 0.668. The molecule has 19 aromatic rings. The van der Waals surface area contributed by atoms with E-state index < -0.39 is 0 Å². The molecule has 0 aliphatic carbocycles. The van der Waals surface area contributed by atoms with Gasteiger partial charge in [-0.2, -0.15) is 0 Å². The Morgan fingerprint density at radius 3 is 0.947 bits per heavy atom. The Bertz CT molecular complexity index is 5970. The normalized spacial score (nSPS) is 11.6. The first-order valence-corrected chi connectivity index (χ1v) is 31.6. The molecule has 0 saturated carbocycles. The first kappa shape index (κ1) is 54.2. The minimum atomic E-state index is 0.668. The van der Waals surface area contributed by atoms with Crippen LogP contribution in [0.1, 0.15) is 0 Å². The molecule has 0 spiro atoms. The quantitative estimate of drug-likeness (QED) is 0.143. The van der Waals surface area contributed by atoms with Crippen LogP contribution in [0.25, 0.3) is 178 Å². The van der Waals surface area contributed by atoms with E-state index in [2.05, 4.69) is 264 Å². The summed E-state index contributed by atoms with van der Waals surface area (Å²) in [4.78, 5) is 20.4. The minimum Gasteiger partial charge on any atom is -0.451 e. The highest BCUT2D eigenvalue weighted by molar-refractivity contribution is 6.14. The van der Waals surface area contributed by atoms with Gasteiger partial charge in [0.1, 0.15) is 33.6 Å². The Hall–Kier alpha value is -12.8. The van der Waals surface area contributed by atoms with Crippen LogP contribution in [0.5, 0.6) is 0 Å². The third-order valence-corrected chi connectivity index (χ3v) is 18.1. The van der Waals surface area contributed by atoms with E-state index in [-0.39, 0.29) is 0 Å². The largest absolute Gasteiger partial charge is 0.451 e. The van der Waals surface area contributed by atoms with Gasteiger partial charge in [-0.25, -0.2) is 19.9 Å². The smallest absolute Gasteiger partial charge is 0.180 e. The average Bonchev–Trinajstić information content (AvgIpc) is 1.61. The van der Waals surface area contributed by atoms with Crippen molar-refractivity contribution in [2.45, 2.75) is 0 Å². The summed E-state index contributed by atoms with van der Waals surface area (Å²) >= 11 is 0. The van der Waals surface area contributed by atoms with E-state index in [1.54, 1.807) is 0 Å². The van der Waals surface area contributed by atoms with Crippen LogP contribution in [0.4, 0.5) is 0 Å². The van der Waals surface area contributed by atoms with Gasteiger partial charge in [0.05, 0.1) is 22.1 Å². The van der Waals surface area contributed by atoms with E-state index in [1.807, 2.05) is 72.8 Å². The zero-order valence-corrected chi connectivity index (χ0v) is 50.7. The zero-order valence-electron chi connectivity index (χ0n) is 50.7. The third kappa shape index (κ3) is 9.22. The van der Waals surface area contributed by atoms with Crippen molar-refractivity contribution in [1.29, 1.82) is 0 Å². The topological polar surface area (TPSA) is 87.7 Å². The molecule has 0 saturated heterocycles. The van der Waals surface area contributed by atoms with Gasteiger partial charge >= 0.3 is 0 Å². The third-order valence-electron chi connectivity index (χ3n) is 18.1. The zero-order chi connectivity index (χ0) is 62.1. The molecule has 0 fully saturated rings. The highest BCUT2D eigenvalue weighted by Gasteiger charge is 2.24. The van der Waals surface area contributed by atoms with Crippen molar-refractivity contribution in [3.8, 4) is 90.0 Å². The summed E-state index contributed by atoms with van der Waals surface area (Å²) < 4.78 is 18.2. The van der Waals surface area contributed by atoms with E-state index in [9.17, 15) is 0 Å². The summed E-state index contributed by atoms with van der Waals surface area (Å²) in [5, 5.41) is 6.94. The molecule has 8 heteroatoms. The molecule has 13 aromatic carbocycles. The average molecular weight is 1200 g/mol. The maximum atomic E-state index is 6.85. The van der Waals surface area contributed by atoms with Gasteiger partial charge in [-0.15, -0.1) is 0 Å². The van der Waals surface area contributed by atoms with Gasteiger partial charge in [0, 0.05) is 77.1 Å². The van der Waals surface area contributed by atoms with Gasteiger partial charge in [0.25, 0.3) is 0 Å². The number of para-hydroxylation sites is 6. The maximum Gasteiger partial charge on any atom is 0.180 e. The molecule has 0 bridgehead atoms. The van der Waals surface area contributed by atoms with Gasteiger partial charge < -0.3 is 18.0 Å². The monoisotopic (exact) mass is 1200 g/mol. The molecule has 440 valence electrons. The molecule has 0 aliphatic rings. The standard InChI is InChI=1S/C46H29N3O.C40H25N3O/c1-3-13-30(14-4-1)33-17-11-18-34(29-33)42-45-43(48-46(47-42)32-15-5-2-6-16-32)39-22-12-21-36(44(39)50-45)31-25-27-35(28-26-31)49-40-23-9-7-19-37(40)38-20-8-10-24-41(38)49;1-3-12-27(13-4-1)36-39-37(42-40(41-36)28-14-5-2-6-15-28)33-19-11-18-30(38(33)44-39)26-22-24-29(25-23-26)43-34-20-9-7-16-31(34)32-17-8-10-21-35(32)43/h1-29H;1-25H. The second kappa shape index (κ2) is 22.6. The van der Waals surface area contributed by atoms with Crippen LogP contribution in [0.3, 0.4) is 0 Å². The van der Waals surface area contributed by atoms with Crippen LogP contribution >= 0.6 is 0 Å². The molecule has 0 atom stereocenters. The fraction of sp³-hybridized carbons (Fsp3) is 0. The van der Waals surface area contributed by atoms with Crippen molar-refractivity contribution in [3.63, 3.8) is 0 Å². The Kier molecular flexibility index (Phi) is 13.0. The molecule has 6 heterocycles. The maximum absolute atomic E-state index is 6.85. The molecule has 0 aliphatic heterocycles. The highest BCUT2D eigenvalue weighted by atomic mass is 16.3. The Morgan fingerprint density at radius 1 is 0.213 bits per heavy atom. The molecule has 19 rings (SSSR count). The first-order chi connectivity index (χ1) is 46.6. The Balaban J connectivity index is 0.000000139. The number of hydrogen-bond donors (Lipinski definition) is 0. The van der Waals surface area contributed by atoms with E-state index in [1.165, 1.54) is 43.6 Å². The fourth-order valence-corrected chi connectivity index (χ4v) is 13.7. The number of hydrogen-bond acceptors (Lipinski definition) is 6. The minimum absolute atomic E-state index is 0.668. The van der Waals surface area contributed by atoms with Crippen LogP contribution in [0.15, 0.2) is 336 Å². The van der Waals surface area contributed by atoms with Crippen molar-refractivity contribution in [2.75, 3.05) is 0 Å². The molecular formula is C86H54N6O2. The number of furan rings is 2. The highest BCUT2D eigenvalue weighted by Crippen LogP contribution is 2.44. The predicted octanol–water partition coefficient (Wildman–Crippen LogP) is 22.6. The number of aromatic nitrogens is 6. The lowest BCUT2D eigenvalue weighted by Gasteiger charge is -2.09. The van der Waals surface area contributed by atoms with Gasteiger partial charge in [-0.05, 0) is 89.0 Å². The molecule has 94 heavy (non-hydrogen) atoms. The lowest BCUT2D eigenvalue weighted by atomic mass is 10.0. The molecule has 0 radical (unpaired) electrons. The van der Waals surface area contributed by atoms with E-state index in [0.717, 1.165) is 111 Å². The van der Waals surface area contributed by atoms with Crippen LogP contribution in [0, 0.1) is 0 Å². The summed E-state index contributed by atoms with van der Waals surface area (Å²) in [6.45, 7) is 0. The van der Waals surface area contributed by atoms with Crippen molar-refractivity contribution < 1.29 is 8.83 Å². The summed E-state index contributed by atoms with van der Waals surface area (Å²) in [6, 6.07) is 114. The Labute approximate surface area is 540 Å². The van der Waals surface area contributed by atoms with Gasteiger partial charge in [-0.1, -0.05) is 261 Å². The molecule has 0 N–H and O–H groups in total. The number of benzene rings is 13. The Morgan fingerprint density at radius 2 is 0.532 bits per heavy atom. The van der Waals surface area contributed by atoms with Crippen molar-refractivity contribution in [1.82, 2.24) is 29.1 Å². The molecule has 8 nitrogen and oxygen atoms in total.